The summed E-state index contributed by atoms with van der Waals surface area (Å²) in [6.45, 7) is 3.68. The molecule has 1 unspecified atom stereocenters. The molecule has 0 aliphatic rings. The SMILES string of the molecule is CCC(c1nc2onc(C)c2c(=O)n1Cc1ccccc1)N(CCCN)S(=O)(=O)c1ccc(SC(F)(F)F)cc1. The fraction of sp³-hybridized carbons (Fsp3) is 0.346. The van der Waals surface area contributed by atoms with E-state index in [1.165, 1.54) is 8.87 Å². The third kappa shape index (κ3) is 6.40. The topological polar surface area (TPSA) is 124 Å². The van der Waals surface area contributed by atoms with Crippen molar-refractivity contribution in [3.8, 4) is 0 Å². The van der Waals surface area contributed by atoms with Crippen LogP contribution in [0.15, 0.2) is 73.7 Å². The molecule has 0 fully saturated rings. The third-order valence-electron chi connectivity index (χ3n) is 6.26. The Morgan fingerprint density at radius 3 is 2.40 bits per heavy atom. The van der Waals surface area contributed by atoms with Crippen molar-refractivity contribution in [1.29, 1.82) is 0 Å². The van der Waals surface area contributed by atoms with Crippen LogP contribution >= 0.6 is 11.8 Å². The van der Waals surface area contributed by atoms with Gasteiger partial charge in [-0.15, -0.1) is 0 Å². The Labute approximate surface area is 233 Å². The minimum absolute atomic E-state index is 0.00886. The number of sulfonamides is 1. The highest BCUT2D eigenvalue weighted by Gasteiger charge is 2.35. The van der Waals surface area contributed by atoms with E-state index in [4.69, 9.17) is 10.3 Å². The second-order valence-electron chi connectivity index (χ2n) is 9.00. The first-order valence-corrected chi connectivity index (χ1v) is 14.7. The van der Waals surface area contributed by atoms with Gasteiger partial charge >= 0.3 is 5.51 Å². The molecule has 4 aromatic rings. The van der Waals surface area contributed by atoms with E-state index in [2.05, 4.69) is 10.1 Å². The summed E-state index contributed by atoms with van der Waals surface area (Å²) in [5, 5.41) is 4.07. The van der Waals surface area contributed by atoms with E-state index in [9.17, 15) is 26.4 Å². The molecule has 2 heterocycles. The van der Waals surface area contributed by atoms with Gasteiger partial charge in [-0.25, -0.2) is 8.42 Å². The molecule has 0 aliphatic carbocycles. The molecular weight excluding hydrogens is 567 g/mol. The summed E-state index contributed by atoms with van der Waals surface area (Å²) in [6.07, 6.45) is 0.524. The lowest BCUT2D eigenvalue weighted by atomic mass is 10.1. The number of aryl methyl sites for hydroxylation is 1. The van der Waals surface area contributed by atoms with Gasteiger partial charge in [0.25, 0.3) is 11.3 Å². The number of alkyl halides is 3. The molecule has 0 bridgehead atoms. The normalized spacial score (nSPS) is 13.3. The van der Waals surface area contributed by atoms with Gasteiger partial charge in [0.2, 0.25) is 10.0 Å². The minimum atomic E-state index is -4.51. The first-order chi connectivity index (χ1) is 19.0. The zero-order chi connectivity index (χ0) is 29.1. The van der Waals surface area contributed by atoms with E-state index in [1.807, 2.05) is 30.3 Å². The number of nitrogens with two attached hydrogens (primary N) is 1. The molecule has 1 atom stereocenters. The molecule has 14 heteroatoms. The molecule has 0 spiro atoms. The maximum Gasteiger partial charge on any atom is 0.446 e. The number of hydrogen-bond acceptors (Lipinski definition) is 8. The van der Waals surface area contributed by atoms with Gasteiger partial charge in [-0.1, -0.05) is 42.4 Å². The van der Waals surface area contributed by atoms with Crippen LogP contribution in [0.5, 0.6) is 0 Å². The number of benzene rings is 2. The Morgan fingerprint density at radius 2 is 1.80 bits per heavy atom. The van der Waals surface area contributed by atoms with Crippen molar-refractivity contribution in [3.05, 3.63) is 82.0 Å². The van der Waals surface area contributed by atoms with Crippen LogP contribution in [0.3, 0.4) is 0 Å². The van der Waals surface area contributed by atoms with Gasteiger partial charge in [0.05, 0.1) is 23.2 Å². The van der Waals surface area contributed by atoms with Crippen LogP contribution in [0.25, 0.3) is 11.1 Å². The highest BCUT2D eigenvalue weighted by atomic mass is 32.2. The maximum atomic E-state index is 13.9. The lowest BCUT2D eigenvalue weighted by molar-refractivity contribution is -0.0328. The van der Waals surface area contributed by atoms with Crippen molar-refractivity contribution in [2.75, 3.05) is 13.1 Å². The van der Waals surface area contributed by atoms with Crippen molar-refractivity contribution >= 4 is 32.9 Å². The molecule has 9 nitrogen and oxygen atoms in total. The second-order valence-corrected chi connectivity index (χ2v) is 12.0. The molecule has 2 N–H and O–H groups in total. The van der Waals surface area contributed by atoms with Crippen molar-refractivity contribution < 1.29 is 26.1 Å². The Bertz CT molecular complexity index is 1620. The van der Waals surface area contributed by atoms with E-state index in [0.29, 0.717) is 12.1 Å². The third-order valence-corrected chi connectivity index (χ3v) is 8.92. The molecule has 0 aliphatic heterocycles. The predicted molar refractivity (Wildman–Crippen MR) is 145 cm³/mol. The fourth-order valence-corrected chi connectivity index (χ4v) is 6.65. The monoisotopic (exact) mass is 595 g/mol. The summed E-state index contributed by atoms with van der Waals surface area (Å²) in [4.78, 5) is 18.0. The number of halogens is 3. The Balaban J connectivity index is 1.85. The molecule has 4 rings (SSSR count). The summed E-state index contributed by atoms with van der Waals surface area (Å²) in [7, 11) is -4.26. The Hall–Kier alpha value is -3.20. The van der Waals surface area contributed by atoms with Gasteiger partial charge in [-0.2, -0.15) is 22.5 Å². The summed E-state index contributed by atoms with van der Waals surface area (Å²) in [6, 6.07) is 12.7. The van der Waals surface area contributed by atoms with Crippen molar-refractivity contribution in [3.63, 3.8) is 0 Å². The van der Waals surface area contributed by atoms with Crippen LogP contribution < -0.4 is 11.3 Å². The fourth-order valence-electron chi connectivity index (χ4n) is 4.41. The van der Waals surface area contributed by atoms with Gasteiger partial charge in [0, 0.05) is 11.4 Å². The summed E-state index contributed by atoms with van der Waals surface area (Å²) >= 11 is -0.332. The highest BCUT2D eigenvalue weighted by molar-refractivity contribution is 8.00. The lowest BCUT2D eigenvalue weighted by Crippen LogP contribution is -2.40. The van der Waals surface area contributed by atoms with Crippen LogP contribution in [0.2, 0.25) is 0 Å². The number of aromatic nitrogens is 3. The standard InChI is InChI=1S/C26H28F3N5O4S2/c1-3-21(34(15-7-14-30)40(36,37)20-12-10-19(11-13-20)39-26(27,28)29)23-31-24-22(17(2)32-38-24)25(35)33(23)16-18-8-5-4-6-9-18/h4-6,8-13,21H,3,7,14-16,30H2,1-2H3. The first kappa shape index (κ1) is 29.8. The first-order valence-electron chi connectivity index (χ1n) is 12.4. The van der Waals surface area contributed by atoms with E-state index in [1.54, 1.807) is 13.8 Å². The molecule has 0 radical (unpaired) electrons. The molecule has 0 saturated heterocycles. The number of rotatable bonds is 11. The zero-order valence-corrected chi connectivity index (χ0v) is 23.4. The number of nitrogens with zero attached hydrogens (tertiary/aromatic N) is 4. The van der Waals surface area contributed by atoms with Gasteiger partial charge in [0.15, 0.2) is 0 Å². The second kappa shape index (κ2) is 12.1. The number of thioether (sulfide) groups is 1. The molecule has 0 amide bonds. The van der Waals surface area contributed by atoms with E-state index in [0.717, 1.165) is 29.8 Å². The van der Waals surface area contributed by atoms with Gasteiger partial charge in [-0.3, -0.25) is 9.36 Å². The Kier molecular flexibility index (Phi) is 9.02. The smallest absolute Gasteiger partial charge is 0.335 e. The summed E-state index contributed by atoms with van der Waals surface area (Å²) < 4.78 is 74.2. The van der Waals surface area contributed by atoms with Crippen LogP contribution in [-0.4, -0.2) is 46.0 Å². The van der Waals surface area contributed by atoms with Crippen LogP contribution in [-0.2, 0) is 16.6 Å². The molecule has 2 aromatic carbocycles. The molecule has 2 aromatic heterocycles. The number of fused-ring (bicyclic) bond motifs is 1. The van der Waals surface area contributed by atoms with Crippen LogP contribution in [0.4, 0.5) is 13.2 Å². The van der Waals surface area contributed by atoms with Crippen molar-refractivity contribution in [2.45, 2.75) is 54.6 Å². The number of hydrogen-bond donors (Lipinski definition) is 1. The highest BCUT2D eigenvalue weighted by Crippen LogP contribution is 2.38. The van der Waals surface area contributed by atoms with Gasteiger partial charge < -0.3 is 10.3 Å². The minimum Gasteiger partial charge on any atom is -0.335 e. The molecule has 214 valence electrons. The van der Waals surface area contributed by atoms with Gasteiger partial charge in [-0.05, 0) is 67.9 Å². The summed E-state index contributed by atoms with van der Waals surface area (Å²) in [5.74, 6) is 0.157. The molecule has 0 saturated carbocycles. The predicted octanol–water partition coefficient (Wildman–Crippen LogP) is 4.84. The van der Waals surface area contributed by atoms with E-state index in [-0.39, 0.29) is 64.5 Å². The van der Waals surface area contributed by atoms with Crippen molar-refractivity contribution in [1.82, 2.24) is 19.0 Å². The van der Waals surface area contributed by atoms with E-state index >= 15 is 0 Å². The van der Waals surface area contributed by atoms with Gasteiger partial charge in [0.1, 0.15) is 11.2 Å². The molecular formula is C26H28F3N5O4S2. The quantitative estimate of drug-likeness (QED) is 0.244. The average Bonchev–Trinajstić information content (AvgIpc) is 3.28. The summed E-state index contributed by atoms with van der Waals surface area (Å²) in [5.41, 5.74) is 1.94. The molecule has 40 heavy (non-hydrogen) atoms. The maximum absolute atomic E-state index is 13.9. The lowest BCUT2D eigenvalue weighted by Gasteiger charge is -2.31. The van der Waals surface area contributed by atoms with Crippen LogP contribution in [0.1, 0.15) is 42.9 Å². The van der Waals surface area contributed by atoms with Crippen molar-refractivity contribution in [2.24, 2.45) is 5.73 Å². The van der Waals surface area contributed by atoms with Crippen LogP contribution in [0, 0.1) is 6.92 Å². The van der Waals surface area contributed by atoms with E-state index < -0.39 is 27.1 Å². The largest absolute Gasteiger partial charge is 0.446 e. The average molecular weight is 596 g/mol. The Morgan fingerprint density at radius 1 is 1.12 bits per heavy atom. The zero-order valence-electron chi connectivity index (χ0n) is 21.8.